The Kier molecular flexibility index (Phi) is 12.1. The second-order valence-corrected chi connectivity index (χ2v) is 15.2. The lowest BCUT2D eigenvalue weighted by Crippen LogP contribution is -2.48. The molecule has 0 radical (unpaired) electrons. The third-order valence-electron chi connectivity index (χ3n) is 11.6. The lowest BCUT2D eigenvalue weighted by molar-refractivity contribution is -0.362. The monoisotopic (exact) mass is 799 g/mol. The van der Waals surface area contributed by atoms with Gasteiger partial charge in [-0.15, -0.1) is 0 Å². The number of benzene rings is 3. The molecule has 9 nitrogen and oxygen atoms in total. The van der Waals surface area contributed by atoms with Gasteiger partial charge < -0.3 is 42.3 Å². The highest BCUT2D eigenvalue weighted by atomic mass is 19.2. The van der Waals surface area contributed by atoms with Crippen LogP contribution in [0.3, 0.4) is 0 Å². The highest BCUT2D eigenvalue weighted by Gasteiger charge is 2.58. The molecule has 2 atom stereocenters. The maximum atomic E-state index is 16.2. The number of hydrogen-bond acceptors (Lipinski definition) is 6. The predicted molar refractivity (Wildman–Crippen MR) is 224 cm³/mol. The summed E-state index contributed by atoms with van der Waals surface area (Å²) in [6.07, 6.45) is 16.4. The van der Waals surface area contributed by atoms with Crippen molar-refractivity contribution in [1.29, 1.82) is 0 Å². The first kappa shape index (κ1) is 39.8. The Hall–Kier alpha value is -6.01. The summed E-state index contributed by atoms with van der Waals surface area (Å²) in [5.41, 5.74) is 6.21. The predicted octanol–water partition coefficient (Wildman–Crippen LogP) is 8.20. The number of carbonyl (C=O) groups is 2. The number of methoxy groups -OCH3 is 1. The second kappa shape index (κ2) is 17.9. The zero-order valence-electron chi connectivity index (χ0n) is 33.2. The Morgan fingerprint density at radius 1 is 0.966 bits per heavy atom. The molecule has 3 aromatic rings. The van der Waals surface area contributed by atoms with Gasteiger partial charge in [-0.05, 0) is 47.7 Å². The van der Waals surface area contributed by atoms with Crippen molar-refractivity contribution >= 4 is 24.4 Å². The van der Waals surface area contributed by atoms with Crippen LogP contribution in [0.5, 0.6) is 17.2 Å². The van der Waals surface area contributed by atoms with E-state index >= 15 is 8.63 Å². The molecule has 304 valence electrons. The van der Waals surface area contributed by atoms with Crippen molar-refractivity contribution in [2.75, 3.05) is 40.2 Å². The second-order valence-electron chi connectivity index (χ2n) is 15.2. The van der Waals surface area contributed by atoms with Gasteiger partial charge in [-0.2, -0.15) is 0 Å². The van der Waals surface area contributed by atoms with E-state index in [0.717, 1.165) is 32.5 Å². The molecule has 0 aromatic heterocycles. The average molecular weight is 800 g/mol. The number of ether oxygens (including phenoxy) is 4. The van der Waals surface area contributed by atoms with E-state index in [9.17, 15) is 9.59 Å². The van der Waals surface area contributed by atoms with Crippen LogP contribution in [0.15, 0.2) is 144 Å². The van der Waals surface area contributed by atoms with Crippen molar-refractivity contribution in [1.82, 2.24) is 10.2 Å². The SMILES string of the molecule is COc1ccccc1C(CCN(Cc1ccccc1)C(=O)CCOCCNC(=O)CCC1=[N+]2C(=CC3=CC=C(C4=CC=CC4)C3[B-]2(F)F)C=C1)c1ccc2c(c1)OCO2. The van der Waals surface area contributed by atoms with Gasteiger partial charge in [0.1, 0.15) is 11.5 Å². The minimum Gasteiger partial charge on any atom is -0.496 e. The van der Waals surface area contributed by atoms with E-state index < -0.39 is 12.7 Å². The molecule has 0 spiro atoms. The van der Waals surface area contributed by atoms with Gasteiger partial charge >= 0.3 is 6.84 Å². The van der Waals surface area contributed by atoms with Crippen LogP contribution in [0.4, 0.5) is 8.63 Å². The summed E-state index contributed by atoms with van der Waals surface area (Å²) in [6, 6.07) is 23.8. The first-order valence-corrected chi connectivity index (χ1v) is 20.3. The number of fused-ring (bicyclic) bond motifs is 3. The summed E-state index contributed by atoms with van der Waals surface area (Å²) in [5, 5.41) is 2.84. The van der Waals surface area contributed by atoms with Crippen LogP contribution in [-0.4, -0.2) is 74.0 Å². The van der Waals surface area contributed by atoms with Gasteiger partial charge in [-0.1, -0.05) is 96.1 Å². The lowest BCUT2D eigenvalue weighted by Gasteiger charge is -2.35. The Morgan fingerprint density at radius 2 is 1.80 bits per heavy atom. The van der Waals surface area contributed by atoms with E-state index in [2.05, 4.69) is 11.4 Å². The summed E-state index contributed by atoms with van der Waals surface area (Å²) < 4.78 is 56.4. The van der Waals surface area contributed by atoms with E-state index in [1.807, 2.05) is 102 Å². The fourth-order valence-electron chi connectivity index (χ4n) is 8.67. The number of hydrogen-bond donors (Lipinski definition) is 1. The Bertz CT molecular complexity index is 2310. The average Bonchev–Trinajstić information content (AvgIpc) is 4.09. The van der Waals surface area contributed by atoms with Gasteiger partial charge in [0, 0.05) is 68.0 Å². The fourth-order valence-corrected chi connectivity index (χ4v) is 8.67. The van der Waals surface area contributed by atoms with Crippen LogP contribution in [0.2, 0.25) is 5.82 Å². The molecule has 3 aliphatic heterocycles. The van der Waals surface area contributed by atoms with Crippen molar-refractivity contribution in [3.8, 4) is 17.2 Å². The van der Waals surface area contributed by atoms with Crippen LogP contribution in [-0.2, 0) is 20.9 Å². The summed E-state index contributed by atoms with van der Waals surface area (Å²) in [4.78, 5) is 28.5. The molecular formula is C47H48BF2N3O6. The molecule has 2 amide bonds. The third kappa shape index (κ3) is 8.73. The van der Waals surface area contributed by atoms with Crippen molar-refractivity contribution in [2.45, 2.75) is 50.4 Å². The largest absolute Gasteiger partial charge is 0.625 e. The maximum absolute atomic E-state index is 16.2. The molecule has 0 fully saturated rings. The molecule has 0 saturated carbocycles. The van der Waals surface area contributed by atoms with Crippen LogP contribution in [0.1, 0.15) is 54.7 Å². The number of rotatable bonds is 18. The van der Waals surface area contributed by atoms with E-state index in [4.69, 9.17) is 18.9 Å². The zero-order valence-corrected chi connectivity index (χ0v) is 33.2. The number of carbonyl (C=O) groups excluding carboxylic acids is 2. The quantitative estimate of drug-likeness (QED) is 0.103. The lowest BCUT2D eigenvalue weighted by atomic mass is 9.55. The molecule has 1 N–H and O–H groups in total. The van der Waals surface area contributed by atoms with Crippen LogP contribution in [0.25, 0.3) is 0 Å². The highest BCUT2D eigenvalue weighted by Crippen LogP contribution is 2.51. The van der Waals surface area contributed by atoms with Gasteiger partial charge in [0.15, 0.2) is 17.2 Å². The maximum Gasteiger partial charge on any atom is 0.625 e. The van der Waals surface area contributed by atoms with Crippen molar-refractivity contribution < 1.29 is 41.7 Å². The summed E-state index contributed by atoms with van der Waals surface area (Å²) in [7, 11) is 1.66. The minimum atomic E-state index is -3.98. The summed E-state index contributed by atoms with van der Waals surface area (Å²) in [6.45, 7) is -2.25. The topological polar surface area (TPSA) is 89.3 Å². The zero-order chi connectivity index (χ0) is 40.8. The van der Waals surface area contributed by atoms with Gasteiger partial charge in [-0.3, -0.25) is 9.59 Å². The van der Waals surface area contributed by atoms with Gasteiger partial charge in [0.05, 0.1) is 26.7 Å². The molecule has 12 heteroatoms. The summed E-state index contributed by atoms with van der Waals surface area (Å²) >= 11 is 0. The molecule has 2 aliphatic carbocycles. The smallest absolute Gasteiger partial charge is 0.496 e. The van der Waals surface area contributed by atoms with Crippen molar-refractivity contribution in [3.63, 3.8) is 0 Å². The molecule has 59 heavy (non-hydrogen) atoms. The number of nitrogens with zero attached hydrogens (tertiary/aromatic N) is 2. The highest BCUT2D eigenvalue weighted by molar-refractivity contribution is 6.63. The Balaban J connectivity index is 0.835. The van der Waals surface area contributed by atoms with E-state index in [-0.39, 0.29) is 63.5 Å². The van der Waals surface area contributed by atoms with E-state index in [1.54, 1.807) is 25.3 Å². The number of para-hydroxylation sites is 1. The molecule has 5 aliphatic rings. The standard InChI is InChI=1S/C47H48BF2N3O6/c1-56-42-14-8-7-13-41(42)39(35-16-21-43-44(30-35)59-32-58-43)23-26-52(31-33-9-3-2-4-10-33)46(55)24-27-57-28-25-51-45(54)22-19-37-17-18-38-29-36-15-20-40(34-11-5-6-12-34)47(36)48(49,50)53(37)38/h2-11,13-18,20-21,29-30,39,47H,12,19,22-28,31-32H2,1H3,(H,51,54). The van der Waals surface area contributed by atoms with Gasteiger partial charge in [-0.25, -0.2) is 0 Å². The Morgan fingerprint density at radius 3 is 2.63 bits per heavy atom. The third-order valence-corrected chi connectivity index (χ3v) is 11.6. The van der Waals surface area contributed by atoms with E-state index in [1.165, 1.54) is 0 Å². The normalized spacial score (nSPS) is 18.5. The number of amides is 2. The van der Waals surface area contributed by atoms with Crippen LogP contribution in [0, 0.1) is 0 Å². The van der Waals surface area contributed by atoms with Gasteiger partial charge in [0.25, 0.3) is 0 Å². The number of halogens is 2. The first-order valence-electron chi connectivity index (χ1n) is 20.3. The number of allylic oxidation sites excluding steroid dienone is 11. The molecule has 2 unspecified atom stereocenters. The summed E-state index contributed by atoms with van der Waals surface area (Å²) in [5.74, 6) is 0.790. The molecule has 3 aromatic carbocycles. The van der Waals surface area contributed by atoms with Crippen LogP contribution >= 0.6 is 0 Å². The first-order chi connectivity index (χ1) is 28.8. The molecule has 8 rings (SSSR count). The molecular weight excluding hydrogens is 751 g/mol. The molecule has 0 bridgehead atoms. The fraction of sp³-hybridized carbons (Fsp3) is 0.298. The van der Waals surface area contributed by atoms with E-state index in [0.29, 0.717) is 60.0 Å². The Labute approximate surface area is 343 Å². The van der Waals surface area contributed by atoms with Crippen LogP contribution < -0.4 is 19.5 Å². The molecule has 3 heterocycles. The molecule has 0 saturated heterocycles. The minimum absolute atomic E-state index is 0.0482. The number of nitrogens with one attached hydrogen (secondary N) is 1. The van der Waals surface area contributed by atoms with Gasteiger partial charge in [0.2, 0.25) is 18.6 Å². The van der Waals surface area contributed by atoms with Crippen molar-refractivity contribution in [3.05, 3.63) is 161 Å². The van der Waals surface area contributed by atoms with Crippen molar-refractivity contribution in [2.24, 2.45) is 0 Å².